The average molecular weight is 317 g/mol. The van der Waals surface area contributed by atoms with E-state index in [-0.39, 0.29) is 10.3 Å². The lowest BCUT2D eigenvalue weighted by Crippen LogP contribution is -2.39. The highest BCUT2D eigenvalue weighted by Crippen LogP contribution is 2.26. The Hall–Kier alpha value is -1.18. The molecule has 0 aliphatic carbocycles. The molecule has 120 valence electrons. The van der Waals surface area contributed by atoms with Gasteiger partial charge in [0.15, 0.2) is 0 Å². The van der Waals surface area contributed by atoms with E-state index in [9.17, 15) is 12.8 Å². The van der Waals surface area contributed by atoms with Gasteiger partial charge in [-0.1, -0.05) is 20.8 Å². The highest BCUT2D eigenvalue weighted by Gasteiger charge is 2.22. The zero-order valence-electron chi connectivity index (χ0n) is 12.8. The molecule has 0 saturated carbocycles. The summed E-state index contributed by atoms with van der Waals surface area (Å²) in [4.78, 5) is 1.66. The van der Waals surface area contributed by atoms with Gasteiger partial charge in [-0.2, -0.15) is 0 Å². The van der Waals surface area contributed by atoms with Crippen LogP contribution in [0.4, 0.5) is 10.1 Å². The quantitative estimate of drug-likeness (QED) is 0.800. The predicted octanol–water partition coefficient (Wildman–Crippen LogP) is 1.67. The zero-order chi connectivity index (χ0) is 16.3. The maximum absolute atomic E-state index is 14.2. The molecule has 4 N–H and O–H groups in total. The van der Waals surface area contributed by atoms with Crippen molar-refractivity contribution in [2.24, 2.45) is 16.3 Å². The molecular formula is C14H24FN3O2S. The normalized spacial score (nSPS) is 12.5. The van der Waals surface area contributed by atoms with E-state index >= 15 is 0 Å². The van der Waals surface area contributed by atoms with E-state index in [1.807, 2.05) is 25.7 Å². The van der Waals surface area contributed by atoms with Crippen LogP contribution in [0.5, 0.6) is 0 Å². The van der Waals surface area contributed by atoms with Crippen molar-refractivity contribution in [2.45, 2.75) is 32.1 Å². The van der Waals surface area contributed by atoms with E-state index in [1.54, 1.807) is 0 Å². The van der Waals surface area contributed by atoms with Gasteiger partial charge in [-0.05, 0) is 36.6 Å². The summed E-state index contributed by atoms with van der Waals surface area (Å²) in [5.41, 5.74) is 5.93. The van der Waals surface area contributed by atoms with E-state index in [1.165, 1.54) is 12.1 Å². The van der Waals surface area contributed by atoms with Crippen LogP contribution in [0.15, 0.2) is 23.1 Å². The van der Waals surface area contributed by atoms with E-state index < -0.39 is 15.8 Å². The van der Waals surface area contributed by atoms with E-state index in [0.717, 1.165) is 12.5 Å². The van der Waals surface area contributed by atoms with Crippen molar-refractivity contribution in [3.63, 3.8) is 0 Å². The van der Waals surface area contributed by atoms with Crippen molar-refractivity contribution in [1.82, 2.24) is 0 Å². The largest absolute Gasteiger partial charge is 0.369 e. The molecule has 0 heterocycles. The molecule has 1 aromatic carbocycles. The number of sulfonamides is 1. The lowest BCUT2D eigenvalue weighted by molar-refractivity contribution is 0.376. The van der Waals surface area contributed by atoms with Crippen molar-refractivity contribution in [3.8, 4) is 0 Å². The highest BCUT2D eigenvalue weighted by atomic mass is 32.2. The molecule has 0 radical (unpaired) electrons. The van der Waals surface area contributed by atoms with Crippen molar-refractivity contribution >= 4 is 15.7 Å². The first-order chi connectivity index (χ1) is 9.60. The third-order valence-corrected chi connectivity index (χ3v) is 4.16. The molecule has 21 heavy (non-hydrogen) atoms. The van der Waals surface area contributed by atoms with Gasteiger partial charge in [0.1, 0.15) is 5.82 Å². The monoisotopic (exact) mass is 317 g/mol. The summed E-state index contributed by atoms with van der Waals surface area (Å²) < 4.78 is 36.7. The van der Waals surface area contributed by atoms with Crippen LogP contribution in [0.1, 0.15) is 27.2 Å². The molecule has 0 atom stereocenters. The molecule has 1 aromatic rings. The van der Waals surface area contributed by atoms with Gasteiger partial charge < -0.3 is 10.6 Å². The number of anilines is 1. The Kier molecular flexibility index (Phi) is 5.72. The molecule has 0 saturated heterocycles. The standard InChI is InChI=1S/C14H24FN3O2S/c1-4-7-18(10-14(2,3)9-16)13-6-5-11(8-12(13)15)21(17,19)20/h5-6,8H,4,7,9-10,16H2,1-3H3,(H2,17,19,20). The van der Waals surface area contributed by atoms with Crippen LogP contribution in [0.2, 0.25) is 0 Å². The Morgan fingerprint density at radius 2 is 1.95 bits per heavy atom. The van der Waals surface area contributed by atoms with Crippen molar-refractivity contribution < 1.29 is 12.8 Å². The van der Waals surface area contributed by atoms with Gasteiger partial charge in [0.2, 0.25) is 10.0 Å². The smallest absolute Gasteiger partial charge is 0.238 e. The van der Waals surface area contributed by atoms with Crippen LogP contribution in [-0.2, 0) is 10.0 Å². The number of nitrogens with zero attached hydrogens (tertiary/aromatic N) is 1. The van der Waals surface area contributed by atoms with Crippen LogP contribution < -0.4 is 15.8 Å². The second-order valence-electron chi connectivity index (χ2n) is 5.95. The minimum atomic E-state index is -3.90. The number of primary sulfonamides is 1. The van der Waals surface area contributed by atoms with Gasteiger partial charge in [-0.3, -0.25) is 0 Å². The van der Waals surface area contributed by atoms with Crippen molar-refractivity contribution in [3.05, 3.63) is 24.0 Å². The molecule has 0 aromatic heterocycles. The predicted molar refractivity (Wildman–Crippen MR) is 83.1 cm³/mol. The molecular weight excluding hydrogens is 293 g/mol. The molecule has 0 spiro atoms. The Morgan fingerprint density at radius 1 is 1.33 bits per heavy atom. The minimum absolute atomic E-state index is 0.166. The fraction of sp³-hybridized carbons (Fsp3) is 0.571. The van der Waals surface area contributed by atoms with Gasteiger partial charge in [-0.25, -0.2) is 17.9 Å². The third kappa shape index (κ3) is 4.94. The molecule has 0 aliphatic rings. The van der Waals surface area contributed by atoms with Crippen LogP contribution in [0.25, 0.3) is 0 Å². The first-order valence-corrected chi connectivity index (χ1v) is 8.43. The van der Waals surface area contributed by atoms with Gasteiger partial charge >= 0.3 is 0 Å². The summed E-state index contributed by atoms with van der Waals surface area (Å²) in [7, 11) is -3.90. The van der Waals surface area contributed by atoms with Gasteiger partial charge in [-0.15, -0.1) is 0 Å². The molecule has 0 bridgehead atoms. The molecule has 1 rings (SSSR count). The lowest BCUT2D eigenvalue weighted by atomic mass is 9.92. The Bertz CT molecular complexity index is 588. The van der Waals surface area contributed by atoms with E-state index in [2.05, 4.69) is 0 Å². The second kappa shape index (κ2) is 6.72. The summed E-state index contributed by atoms with van der Waals surface area (Å²) in [5.74, 6) is -0.595. The molecule has 5 nitrogen and oxygen atoms in total. The van der Waals surface area contributed by atoms with Gasteiger partial charge in [0.05, 0.1) is 10.6 Å². The number of hydrogen-bond acceptors (Lipinski definition) is 4. The van der Waals surface area contributed by atoms with Crippen molar-refractivity contribution in [1.29, 1.82) is 0 Å². The molecule has 0 amide bonds. The average Bonchev–Trinajstić information content (AvgIpc) is 2.37. The number of hydrogen-bond donors (Lipinski definition) is 2. The number of rotatable bonds is 7. The van der Waals surface area contributed by atoms with Crippen LogP contribution in [0, 0.1) is 11.2 Å². The van der Waals surface area contributed by atoms with Crippen molar-refractivity contribution in [2.75, 3.05) is 24.5 Å². The molecule has 0 unspecified atom stereocenters. The fourth-order valence-corrected chi connectivity index (χ4v) is 2.58. The minimum Gasteiger partial charge on any atom is -0.369 e. The summed E-state index contributed by atoms with van der Waals surface area (Å²) in [5, 5.41) is 5.01. The summed E-state index contributed by atoms with van der Waals surface area (Å²) in [6.07, 6.45) is 0.844. The number of nitrogens with two attached hydrogens (primary N) is 2. The maximum atomic E-state index is 14.2. The molecule has 0 aliphatic heterocycles. The topological polar surface area (TPSA) is 89.4 Å². The third-order valence-electron chi connectivity index (χ3n) is 3.25. The number of benzene rings is 1. The molecule has 7 heteroatoms. The summed E-state index contributed by atoms with van der Waals surface area (Å²) in [6, 6.07) is 3.74. The van der Waals surface area contributed by atoms with E-state index in [4.69, 9.17) is 10.9 Å². The summed E-state index contributed by atoms with van der Waals surface area (Å²) >= 11 is 0. The zero-order valence-corrected chi connectivity index (χ0v) is 13.6. The fourth-order valence-electron chi connectivity index (χ4n) is 2.06. The number of halogens is 1. The molecule has 0 fully saturated rings. The maximum Gasteiger partial charge on any atom is 0.238 e. The second-order valence-corrected chi connectivity index (χ2v) is 7.51. The Labute approximate surface area is 126 Å². The highest BCUT2D eigenvalue weighted by molar-refractivity contribution is 7.89. The Balaban J connectivity index is 3.15. The first kappa shape index (κ1) is 17.9. The van der Waals surface area contributed by atoms with Crippen LogP contribution in [-0.4, -0.2) is 28.1 Å². The van der Waals surface area contributed by atoms with E-state index in [0.29, 0.717) is 25.3 Å². The van der Waals surface area contributed by atoms with Crippen LogP contribution >= 0.6 is 0 Å². The SMILES string of the molecule is CCCN(CC(C)(C)CN)c1ccc(S(N)(=O)=O)cc1F. The summed E-state index contributed by atoms with van der Waals surface area (Å²) in [6.45, 7) is 7.74. The van der Waals surface area contributed by atoms with Crippen LogP contribution in [0.3, 0.4) is 0 Å². The lowest BCUT2D eigenvalue weighted by Gasteiger charge is -2.33. The van der Waals surface area contributed by atoms with Gasteiger partial charge in [0.25, 0.3) is 0 Å². The van der Waals surface area contributed by atoms with Gasteiger partial charge in [0, 0.05) is 13.1 Å². The Morgan fingerprint density at radius 3 is 2.38 bits per heavy atom. The first-order valence-electron chi connectivity index (χ1n) is 6.88.